The van der Waals surface area contributed by atoms with Gasteiger partial charge in [-0.2, -0.15) is 0 Å². The maximum absolute atomic E-state index is 6.04. The van der Waals surface area contributed by atoms with Crippen molar-refractivity contribution < 1.29 is 4.74 Å². The second kappa shape index (κ2) is 5.39. The minimum absolute atomic E-state index is 0.0130. The summed E-state index contributed by atoms with van der Waals surface area (Å²) in [5.41, 5.74) is 7.17. The summed E-state index contributed by atoms with van der Waals surface area (Å²) in [6.45, 7) is 0. The molecule has 17 heavy (non-hydrogen) atoms. The molecule has 2 aromatic rings. The number of alkyl halides is 1. The van der Waals surface area contributed by atoms with E-state index >= 15 is 0 Å². The average Bonchev–Trinajstić information content (AvgIpc) is 2.37. The van der Waals surface area contributed by atoms with E-state index in [1.54, 1.807) is 7.11 Å². The van der Waals surface area contributed by atoms with E-state index in [0.717, 1.165) is 23.1 Å². The van der Waals surface area contributed by atoms with Crippen LogP contribution in [0.1, 0.15) is 18.0 Å². The van der Waals surface area contributed by atoms with Gasteiger partial charge in [-0.05, 0) is 41.0 Å². The lowest BCUT2D eigenvalue weighted by Gasteiger charge is -2.11. The molecule has 2 rings (SSSR count). The van der Waals surface area contributed by atoms with Gasteiger partial charge in [-0.3, -0.25) is 0 Å². The number of ether oxygens (including phenoxy) is 1. The fourth-order valence-corrected chi connectivity index (χ4v) is 2.12. The van der Waals surface area contributed by atoms with Crippen LogP contribution in [0.25, 0.3) is 10.8 Å². The molecular weight excluding hydrogens is 234 g/mol. The average molecular weight is 250 g/mol. The van der Waals surface area contributed by atoms with E-state index in [0.29, 0.717) is 5.88 Å². The van der Waals surface area contributed by atoms with Gasteiger partial charge in [0.1, 0.15) is 5.75 Å². The van der Waals surface area contributed by atoms with Crippen LogP contribution >= 0.6 is 11.6 Å². The van der Waals surface area contributed by atoms with Gasteiger partial charge < -0.3 is 10.5 Å². The fourth-order valence-electron chi connectivity index (χ4n) is 1.88. The molecule has 0 aliphatic carbocycles. The number of hydrogen-bond acceptors (Lipinski definition) is 2. The number of fused-ring (bicyclic) bond motifs is 1. The maximum atomic E-state index is 6.04. The van der Waals surface area contributed by atoms with Gasteiger partial charge in [0.05, 0.1) is 7.11 Å². The molecule has 2 aromatic carbocycles. The second-order valence-electron chi connectivity index (χ2n) is 4.06. The van der Waals surface area contributed by atoms with Crippen LogP contribution < -0.4 is 10.5 Å². The molecular formula is C14H16ClNO. The standard InChI is InChI=1S/C14H16ClNO/c1-17-13-5-4-10-8-12(14(16)6-7-15)3-2-11(10)9-13/h2-5,8-9,14H,6-7,16H2,1H3. The Morgan fingerprint density at radius 1 is 1.18 bits per heavy atom. The number of methoxy groups -OCH3 is 1. The van der Waals surface area contributed by atoms with Crippen LogP contribution in [0, 0.1) is 0 Å². The van der Waals surface area contributed by atoms with Crippen LogP contribution in [0.4, 0.5) is 0 Å². The maximum Gasteiger partial charge on any atom is 0.119 e. The molecule has 0 fully saturated rings. The van der Waals surface area contributed by atoms with E-state index in [2.05, 4.69) is 18.2 Å². The molecule has 0 bridgehead atoms. The topological polar surface area (TPSA) is 35.2 Å². The van der Waals surface area contributed by atoms with E-state index < -0.39 is 0 Å². The Hall–Kier alpha value is -1.25. The van der Waals surface area contributed by atoms with Crippen LogP contribution in [0.15, 0.2) is 36.4 Å². The minimum atomic E-state index is 0.0130. The van der Waals surface area contributed by atoms with Crippen LogP contribution in [0.5, 0.6) is 5.75 Å². The summed E-state index contributed by atoms with van der Waals surface area (Å²) >= 11 is 5.71. The lowest BCUT2D eigenvalue weighted by atomic mass is 10.0. The Morgan fingerprint density at radius 3 is 2.59 bits per heavy atom. The zero-order valence-electron chi connectivity index (χ0n) is 9.82. The molecule has 0 aromatic heterocycles. The minimum Gasteiger partial charge on any atom is -0.497 e. The highest BCUT2D eigenvalue weighted by atomic mass is 35.5. The lowest BCUT2D eigenvalue weighted by Crippen LogP contribution is -2.10. The Labute approximate surface area is 106 Å². The first-order valence-corrected chi connectivity index (χ1v) is 6.17. The van der Waals surface area contributed by atoms with Crippen LogP contribution in [0.3, 0.4) is 0 Å². The van der Waals surface area contributed by atoms with E-state index in [1.165, 1.54) is 5.39 Å². The van der Waals surface area contributed by atoms with Gasteiger partial charge in [-0.15, -0.1) is 11.6 Å². The molecule has 0 saturated heterocycles. The number of nitrogens with two attached hydrogens (primary N) is 1. The van der Waals surface area contributed by atoms with Crippen molar-refractivity contribution in [3.05, 3.63) is 42.0 Å². The number of benzene rings is 2. The largest absolute Gasteiger partial charge is 0.497 e. The molecule has 2 nitrogen and oxygen atoms in total. The molecule has 0 aliphatic rings. The number of rotatable bonds is 4. The smallest absolute Gasteiger partial charge is 0.119 e. The Bertz CT molecular complexity index is 513. The third-order valence-corrected chi connectivity index (χ3v) is 3.14. The molecule has 2 N–H and O–H groups in total. The summed E-state index contributed by atoms with van der Waals surface area (Å²) in [7, 11) is 1.67. The third-order valence-electron chi connectivity index (χ3n) is 2.92. The van der Waals surface area contributed by atoms with Crippen molar-refractivity contribution in [3.8, 4) is 5.75 Å². The highest BCUT2D eigenvalue weighted by Gasteiger charge is 2.06. The summed E-state index contributed by atoms with van der Waals surface area (Å²) in [5.74, 6) is 1.46. The van der Waals surface area contributed by atoms with Crippen molar-refractivity contribution in [2.75, 3.05) is 13.0 Å². The van der Waals surface area contributed by atoms with Crippen LogP contribution in [-0.4, -0.2) is 13.0 Å². The van der Waals surface area contributed by atoms with Gasteiger partial charge in [-0.25, -0.2) is 0 Å². The molecule has 0 amide bonds. The molecule has 0 heterocycles. The lowest BCUT2D eigenvalue weighted by molar-refractivity contribution is 0.415. The zero-order chi connectivity index (χ0) is 12.3. The molecule has 0 aliphatic heterocycles. The number of hydrogen-bond donors (Lipinski definition) is 1. The third kappa shape index (κ3) is 2.71. The molecule has 0 saturated carbocycles. The van der Waals surface area contributed by atoms with Gasteiger partial charge in [0.15, 0.2) is 0 Å². The molecule has 90 valence electrons. The molecule has 1 unspecified atom stereocenters. The summed E-state index contributed by atoms with van der Waals surface area (Å²) < 4.78 is 5.20. The highest BCUT2D eigenvalue weighted by molar-refractivity contribution is 6.17. The van der Waals surface area contributed by atoms with Crippen molar-refractivity contribution in [2.45, 2.75) is 12.5 Å². The van der Waals surface area contributed by atoms with E-state index in [4.69, 9.17) is 22.1 Å². The second-order valence-corrected chi connectivity index (χ2v) is 4.43. The predicted octanol–water partition coefficient (Wildman–Crippen LogP) is 3.48. The Kier molecular flexibility index (Phi) is 3.87. The van der Waals surface area contributed by atoms with Crippen LogP contribution in [0.2, 0.25) is 0 Å². The predicted molar refractivity (Wildman–Crippen MR) is 72.8 cm³/mol. The zero-order valence-corrected chi connectivity index (χ0v) is 10.6. The Morgan fingerprint density at radius 2 is 1.88 bits per heavy atom. The fraction of sp³-hybridized carbons (Fsp3) is 0.286. The van der Waals surface area contributed by atoms with E-state index in [1.807, 2.05) is 18.2 Å². The molecule has 0 spiro atoms. The van der Waals surface area contributed by atoms with Gasteiger partial charge >= 0.3 is 0 Å². The van der Waals surface area contributed by atoms with Crippen molar-refractivity contribution in [2.24, 2.45) is 5.73 Å². The summed E-state index contributed by atoms with van der Waals surface area (Å²) in [5, 5.41) is 2.33. The highest BCUT2D eigenvalue weighted by Crippen LogP contribution is 2.24. The van der Waals surface area contributed by atoms with Gasteiger partial charge in [0, 0.05) is 11.9 Å². The normalized spacial score (nSPS) is 12.6. The quantitative estimate of drug-likeness (QED) is 0.842. The van der Waals surface area contributed by atoms with Crippen molar-refractivity contribution in [1.82, 2.24) is 0 Å². The summed E-state index contributed by atoms with van der Waals surface area (Å²) in [4.78, 5) is 0. The van der Waals surface area contributed by atoms with Crippen LogP contribution in [-0.2, 0) is 0 Å². The molecule has 0 radical (unpaired) electrons. The Balaban J connectivity index is 2.37. The van der Waals surface area contributed by atoms with Crippen molar-refractivity contribution >= 4 is 22.4 Å². The first-order valence-electron chi connectivity index (χ1n) is 5.64. The summed E-state index contributed by atoms with van der Waals surface area (Å²) in [6, 6.07) is 12.3. The van der Waals surface area contributed by atoms with Crippen molar-refractivity contribution in [1.29, 1.82) is 0 Å². The first kappa shape index (κ1) is 12.2. The van der Waals surface area contributed by atoms with Crippen molar-refractivity contribution in [3.63, 3.8) is 0 Å². The van der Waals surface area contributed by atoms with Gasteiger partial charge in [0.25, 0.3) is 0 Å². The van der Waals surface area contributed by atoms with E-state index in [-0.39, 0.29) is 6.04 Å². The number of halogens is 1. The monoisotopic (exact) mass is 249 g/mol. The molecule has 1 atom stereocenters. The molecule has 3 heteroatoms. The SMILES string of the molecule is COc1ccc2cc(C(N)CCCl)ccc2c1. The van der Waals surface area contributed by atoms with Gasteiger partial charge in [-0.1, -0.05) is 18.2 Å². The van der Waals surface area contributed by atoms with E-state index in [9.17, 15) is 0 Å². The first-order chi connectivity index (χ1) is 8.24. The van der Waals surface area contributed by atoms with Gasteiger partial charge in [0.2, 0.25) is 0 Å². The summed E-state index contributed by atoms with van der Waals surface area (Å²) in [6.07, 6.45) is 0.795.